The summed E-state index contributed by atoms with van der Waals surface area (Å²) in [6.45, 7) is 8.76. The number of carboxylic acid groups (broad SMARTS) is 1. The first-order valence-electron chi connectivity index (χ1n) is 10.3. The Morgan fingerprint density at radius 2 is 2.03 bits per heavy atom. The van der Waals surface area contributed by atoms with E-state index >= 15 is 0 Å². The van der Waals surface area contributed by atoms with Gasteiger partial charge in [0, 0.05) is 17.5 Å². The molecular weight excluding hydrogens is 416 g/mol. The van der Waals surface area contributed by atoms with Crippen LogP contribution < -0.4 is 10.9 Å². The maximum atomic E-state index is 13.3. The summed E-state index contributed by atoms with van der Waals surface area (Å²) in [4.78, 5) is 33.8. The van der Waals surface area contributed by atoms with Gasteiger partial charge in [-0.05, 0) is 50.5 Å². The molecule has 2 aromatic heterocycles. The van der Waals surface area contributed by atoms with Crippen molar-refractivity contribution >= 4 is 34.2 Å². The molecule has 0 aliphatic carbocycles. The lowest BCUT2D eigenvalue weighted by atomic mass is 9.84. The van der Waals surface area contributed by atoms with Crippen molar-refractivity contribution in [3.8, 4) is 0 Å². The Labute approximate surface area is 185 Å². The molecule has 0 saturated heterocycles. The smallest absolute Gasteiger partial charge is 0.356 e. The minimum absolute atomic E-state index is 0.0238. The molecule has 0 bridgehead atoms. The van der Waals surface area contributed by atoms with Crippen LogP contribution in [0.25, 0.3) is 10.9 Å². The second-order valence-corrected chi connectivity index (χ2v) is 9.22. The van der Waals surface area contributed by atoms with Crippen LogP contribution in [0.4, 0.5) is 5.69 Å². The zero-order chi connectivity index (χ0) is 22.5. The Morgan fingerprint density at radius 3 is 2.74 bits per heavy atom. The molecule has 8 heteroatoms. The van der Waals surface area contributed by atoms with Crippen LogP contribution >= 0.6 is 11.6 Å². The van der Waals surface area contributed by atoms with Crippen LogP contribution in [-0.4, -0.2) is 25.6 Å². The summed E-state index contributed by atoms with van der Waals surface area (Å²) in [6.07, 6.45) is 1.92. The molecule has 1 aliphatic heterocycles. The Balaban J connectivity index is 1.87. The number of anilines is 1. The predicted octanol–water partition coefficient (Wildman–Crippen LogP) is 4.70. The molecule has 4 rings (SSSR count). The molecule has 1 aliphatic rings. The zero-order valence-electron chi connectivity index (χ0n) is 18.0. The van der Waals surface area contributed by atoms with Gasteiger partial charge in [0.25, 0.3) is 5.56 Å². The first-order valence-corrected chi connectivity index (χ1v) is 10.7. The number of aromatic nitrogens is 3. The van der Waals surface area contributed by atoms with Gasteiger partial charge >= 0.3 is 5.97 Å². The third kappa shape index (κ3) is 3.78. The molecule has 1 unspecified atom stereocenters. The van der Waals surface area contributed by atoms with E-state index in [1.54, 1.807) is 16.7 Å². The van der Waals surface area contributed by atoms with Gasteiger partial charge in [0.1, 0.15) is 11.0 Å². The zero-order valence-corrected chi connectivity index (χ0v) is 18.7. The van der Waals surface area contributed by atoms with Crippen molar-refractivity contribution in [3.05, 3.63) is 62.4 Å². The number of aromatic carboxylic acids is 1. The first-order chi connectivity index (χ1) is 14.6. The number of halogens is 1. The SMILES string of the molecule is Cc1cc(C(C)Nc2ccc(Cl)nc2C(=O)O)c2nc3n(c(=O)c2c1)CCCC3(C)C. The van der Waals surface area contributed by atoms with Crippen molar-refractivity contribution in [1.29, 1.82) is 0 Å². The van der Waals surface area contributed by atoms with E-state index in [4.69, 9.17) is 16.6 Å². The summed E-state index contributed by atoms with van der Waals surface area (Å²) in [5.74, 6) is -0.369. The quantitative estimate of drug-likeness (QED) is 0.571. The molecule has 0 amide bonds. The number of hydrogen-bond donors (Lipinski definition) is 2. The number of carbonyl (C=O) groups is 1. The van der Waals surface area contributed by atoms with E-state index in [-0.39, 0.29) is 27.9 Å². The average Bonchev–Trinajstić information content (AvgIpc) is 2.69. The van der Waals surface area contributed by atoms with Crippen molar-refractivity contribution in [2.24, 2.45) is 0 Å². The van der Waals surface area contributed by atoms with Crippen LogP contribution in [-0.2, 0) is 12.0 Å². The fraction of sp³-hybridized carbons (Fsp3) is 0.391. The number of nitrogens with zero attached hydrogens (tertiary/aromatic N) is 3. The first kappa shape index (κ1) is 21.3. The lowest BCUT2D eigenvalue weighted by Gasteiger charge is -2.32. The number of fused-ring (bicyclic) bond motifs is 2. The van der Waals surface area contributed by atoms with Gasteiger partial charge in [0.15, 0.2) is 5.69 Å². The van der Waals surface area contributed by atoms with Crippen LogP contribution in [0.3, 0.4) is 0 Å². The maximum Gasteiger partial charge on any atom is 0.356 e. The minimum Gasteiger partial charge on any atom is -0.476 e. The lowest BCUT2D eigenvalue weighted by Crippen LogP contribution is -2.37. The van der Waals surface area contributed by atoms with E-state index in [1.807, 2.05) is 26.0 Å². The molecule has 0 radical (unpaired) electrons. The van der Waals surface area contributed by atoms with Crippen molar-refractivity contribution in [1.82, 2.24) is 14.5 Å². The van der Waals surface area contributed by atoms with E-state index in [9.17, 15) is 14.7 Å². The number of hydrogen-bond acceptors (Lipinski definition) is 5. The average molecular weight is 441 g/mol. The highest BCUT2D eigenvalue weighted by atomic mass is 35.5. The van der Waals surface area contributed by atoms with Gasteiger partial charge < -0.3 is 10.4 Å². The summed E-state index contributed by atoms with van der Waals surface area (Å²) in [7, 11) is 0. The maximum absolute atomic E-state index is 13.3. The number of benzene rings is 1. The minimum atomic E-state index is -1.17. The number of rotatable bonds is 4. The summed E-state index contributed by atoms with van der Waals surface area (Å²) in [5, 5.41) is 13.4. The van der Waals surface area contributed by atoms with Crippen LogP contribution in [0.2, 0.25) is 5.15 Å². The fourth-order valence-electron chi connectivity index (χ4n) is 4.37. The topological polar surface area (TPSA) is 97.1 Å². The lowest BCUT2D eigenvalue weighted by molar-refractivity contribution is 0.0691. The molecule has 7 nitrogen and oxygen atoms in total. The van der Waals surface area contributed by atoms with E-state index in [1.165, 1.54) is 0 Å². The summed E-state index contributed by atoms with van der Waals surface area (Å²) >= 11 is 5.88. The van der Waals surface area contributed by atoms with Gasteiger partial charge in [-0.1, -0.05) is 31.5 Å². The van der Waals surface area contributed by atoms with Gasteiger partial charge in [0.2, 0.25) is 0 Å². The number of nitrogens with one attached hydrogen (secondary N) is 1. The monoisotopic (exact) mass is 440 g/mol. The van der Waals surface area contributed by atoms with Crippen molar-refractivity contribution in [2.45, 2.75) is 58.5 Å². The standard InChI is InChI=1S/C23H25ClN4O3/c1-12-10-14(13(2)25-16-6-7-17(24)26-19(16)21(30)31)18-15(11-12)20(29)28-9-5-8-23(3,4)22(28)27-18/h6-7,10-11,13,25H,5,8-9H2,1-4H3,(H,30,31). The fourth-order valence-corrected chi connectivity index (χ4v) is 4.52. The molecule has 0 fully saturated rings. The van der Waals surface area contributed by atoms with Gasteiger partial charge in [0.05, 0.1) is 22.6 Å². The molecule has 0 saturated carbocycles. The third-order valence-electron chi connectivity index (χ3n) is 5.92. The third-order valence-corrected chi connectivity index (χ3v) is 6.13. The van der Waals surface area contributed by atoms with E-state index < -0.39 is 5.97 Å². The highest BCUT2D eigenvalue weighted by Gasteiger charge is 2.31. The predicted molar refractivity (Wildman–Crippen MR) is 121 cm³/mol. The molecule has 2 N–H and O–H groups in total. The molecular formula is C23H25ClN4O3. The summed E-state index contributed by atoms with van der Waals surface area (Å²) in [6, 6.07) is 6.69. The van der Waals surface area contributed by atoms with Crippen molar-refractivity contribution < 1.29 is 9.90 Å². The van der Waals surface area contributed by atoms with E-state index in [0.717, 1.165) is 29.8 Å². The summed E-state index contributed by atoms with van der Waals surface area (Å²) in [5.41, 5.74) is 2.42. The normalized spacial score (nSPS) is 16.0. The van der Waals surface area contributed by atoms with Crippen LogP contribution in [0.15, 0.2) is 29.1 Å². The van der Waals surface area contributed by atoms with Gasteiger partial charge in [-0.2, -0.15) is 0 Å². The summed E-state index contributed by atoms with van der Waals surface area (Å²) < 4.78 is 1.80. The van der Waals surface area contributed by atoms with E-state index in [0.29, 0.717) is 23.1 Å². The van der Waals surface area contributed by atoms with Gasteiger partial charge in [-0.25, -0.2) is 14.8 Å². The molecule has 31 heavy (non-hydrogen) atoms. The number of pyridine rings is 1. The Morgan fingerprint density at radius 1 is 1.29 bits per heavy atom. The van der Waals surface area contributed by atoms with E-state index in [2.05, 4.69) is 24.1 Å². The second kappa shape index (κ2) is 7.64. The van der Waals surface area contributed by atoms with Crippen LogP contribution in [0, 0.1) is 6.92 Å². The highest BCUT2D eigenvalue weighted by molar-refractivity contribution is 6.29. The van der Waals surface area contributed by atoms with Crippen LogP contribution in [0.5, 0.6) is 0 Å². The highest BCUT2D eigenvalue weighted by Crippen LogP contribution is 2.34. The van der Waals surface area contributed by atoms with Gasteiger partial charge in [-0.3, -0.25) is 9.36 Å². The molecule has 3 aromatic rings. The van der Waals surface area contributed by atoms with Gasteiger partial charge in [-0.15, -0.1) is 0 Å². The van der Waals surface area contributed by atoms with Crippen LogP contribution in [0.1, 0.15) is 67.1 Å². The Kier molecular flexibility index (Phi) is 5.25. The Bertz CT molecular complexity index is 1270. The molecule has 0 spiro atoms. The largest absolute Gasteiger partial charge is 0.476 e. The van der Waals surface area contributed by atoms with Crippen molar-refractivity contribution in [2.75, 3.05) is 5.32 Å². The molecule has 1 aromatic carbocycles. The number of carboxylic acids is 1. The number of aryl methyl sites for hydroxylation is 1. The van der Waals surface area contributed by atoms with Crippen molar-refractivity contribution in [3.63, 3.8) is 0 Å². The Hall–Kier alpha value is -2.93. The molecule has 162 valence electrons. The molecule has 1 atom stereocenters. The second-order valence-electron chi connectivity index (χ2n) is 8.83. The molecule has 3 heterocycles.